The lowest BCUT2D eigenvalue weighted by atomic mass is 10.0. The fourth-order valence-corrected chi connectivity index (χ4v) is 4.81. The zero-order valence-electron chi connectivity index (χ0n) is 17.2. The highest BCUT2D eigenvalue weighted by atomic mass is 32.2. The number of para-hydroxylation sites is 1. The molecule has 0 radical (unpaired) electrons. The van der Waals surface area contributed by atoms with E-state index in [1.807, 2.05) is 6.07 Å². The zero-order chi connectivity index (χ0) is 22.7. The number of nitrogens with zero attached hydrogens (tertiary/aromatic N) is 1. The quantitative estimate of drug-likeness (QED) is 0.585. The van der Waals surface area contributed by atoms with E-state index in [2.05, 4.69) is 5.32 Å². The summed E-state index contributed by atoms with van der Waals surface area (Å²) in [5, 5.41) is 2.70. The molecule has 1 amide bonds. The lowest BCUT2D eigenvalue weighted by molar-refractivity contribution is -0.121. The minimum Gasteiger partial charge on any atom is -0.484 e. The van der Waals surface area contributed by atoms with Crippen LogP contribution in [0.4, 0.5) is 0 Å². The second-order valence-electron chi connectivity index (χ2n) is 7.04. The molecule has 7 nitrogen and oxygen atoms in total. The summed E-state index contributed by atoms with van der Waals surface area (Å²) in [7, 11) is -2.68. The van der Waals surface area contributed by atoms with E-state index in [0.29, 0.717) is 11.3 Å². The van der Waals surface area contributed by atoms with Gasteiger partial charge >= 0.3 is 0 Å². The SMILES string of the molecule is CN1C(C(=O)c2ccccc2)=C(NC(=O)COc2ccccc2)c2ccccc2S1(=O)=O. The van der Waals surface area contributed by atoms with Crippen LogP contribution in [0.25, 0.3) is 5.70 Å². The summed E-state index contributed by atoms with van der Waals surface area (Å²) in [6, 6.07) is 23.4. The number of ketones is 1. The molecule has 3 aromatic rings. The molecule has 0 spiro atoms. The van der Waals surface area contributed by atoms with Crippen LogP contribution in [0.2, 0.25) is 0 Å². The van der Waals surface area contributed by atoms with Gasteiger partial charge in [0.15, 0.2) is 6.61 Å². The van der Waals surface area contributed by atoms with Crippen molar-refractivity contribution in [2.24, 2.45) is 0 Å². The van der Waals surface area contributed by atoms with Crippen LogP contribution >= 0.6 is 0 Å². The van der Waals surface area contributed by atoms with Crippen LogP contribution in [-0.4, -0.2) is 38.1 Å². The first-order chi connectivity index (χ1) is 15.4. The lowest BCUT2D eigenvalue weighted by Gasteiger charge is -2.31. The third-order valence-electron chi connectivity index (χ3n) is 4.98. The average Bonchev–Trinajstić information content (AvgIpc) is 2.82. The van der Waals surface area contributed by atoms with Gasteiger partial charge < -0.3 is 10.1 Å². The fraction of sp³-hybridized carbons (Fsp3) is 0.0833. The number of nitrogens with one attached hydrogen (secondary N) is 1. The lowest BCUT2D eigenvalue weighted by Crippen LogP contribution is -2.40. The highest BCUT2D eigenvalue weighted by Gasteiger charge is 2.38. The van der Waals surface area contributed by atoms with Crippen molar-refractivity contribution in [3.8, 4) is 5.75 Å². The van der Waals surface area contributed by atoms with E-state index in [4.69, 9.17) is 4.74 Å². The smallest absolute Gasteiger partial charge is 0.264 e. The van der Waals surface area contributed by atoms with Gasteiger partial charge in [-0.1, -0.05) is 66.7 Å². The topological polar surface area (TPSA) is 92.8 Å². The summed E-state index contributed by atoms with van der Waals surface area (Å²) in [6.07, 6.45) is 0. The Bertz CT molecular complexity index is 1300. The van der Waals surface area contributed by atoms with Crippen LogP contribution in [0.1, 0.15) is 15.9 Å². The van der Waals surface area contributed by atoms with E-state index < -0.39 is 21.7 Å². The molecule has 1 N–H and O–H groups in total. The standard InChI is InChI=1S/C24H20N2O5S/c1-26-23(24(28)17-10-4-2-5-11-17)22(19-14-8-9-15-20(19)32(26,29)30)25-21(27)16-31-18-12-6-3-7-13-18/h2-15H,16H2,1H3,(H,25,27). The van der Waals surface area contributed by atoms with Crippen LogP contribution in [0.5, 0.6) is 5.75 Å². The second-order valence-corrected chi connectivity index (χ2v) is 8.98. The first kappa shape index (κ1) is 21.3. The van der Waals surface area contributed by atoms with Gasteiger partial charge in [-0.2, -0.15) is 0 Å². The van der Waals surface area contributed by atoms with Crippen molar-refractivity contribution in [3.05, 3.63) is 102 Å². The van der Waals surface area contributed by atoms with Gasteiger partial charge in [0.2, 0.25) is 5.78 Å². The van der Waals surface area contributed by atoms with Crippen molar-refractivity contribution in [2.75, 3.05) is 13.7 Å². The Hall–Kier alpha value is -3.91. The Balaban J connectivity index is 1.76. The van der Waals surface area contributed by atoms with E-state index in [1.54, 1.807) is 72.8 Å². The van der Waals surface area contributed by atoms with E-state index in [0.717, 1.165) is 4.31 Å². The van der Waals surface area contributed by atoms with Gasteiger partial charge in [-0.25, -0.2) is 8.42 Å². The molecule has 0 fully saturated rings. The highest BCUT2D eigenvalue weighted by Crippen LogP contribution is 2.35. The molecule has 8 heteroatoms. The fourth-order valence-electron chi connectivity index (χ4n) is 3.40. The van der Waals surface area contributed by atoms with E-state index in [9.17, 15) is 18.0 Å². The van der Waals surface area contributed by atoms with Crippen LogP contribution < -0.4 is 10.1 Å². The number of hydrogen-bond donors (Lipinski definition) is 1. The predicted molar refractivity (Wildman–Crippen MR) is 119 cm³/mol. The van der Waals surface area contributed by atoms with E-state index in [-0.39, 0.29) is 28.5 Å². The maximum atomic E-state index is 13.3. The Morgan fingerprint density at radius 2 is 1.47 bits per heavy atom. The number of fused-ring (bicyclic) bond motifs is 1. The summed E-state index contributed by atoms with van der Waals surface area (Å²) in [6.45, 7) is -0.307. The number of sulfonamides is 1. The van der Waals surface area contributed by atoms with Crippen LogP contribution in [0.3, 0.4) is 0 Å². The number of rotatable bonds is 6. The minimum atomic E-state index is -3.97. The third-order valence-corrected chi connectivity index (χ3v) is 6.79. The molecule has 1 aliphatic rings. The van der Waals surface area contributed by atoms with Gasteiger partial charge in [-0.05, 0) is 18.2 Å². The molecule has 1 heterocycles. The number of carbonyl (C=O) groups is 2. The highest BCUT2D eigenvalue weighted by molar-refractivity contribution is 7.89. The molecule has 1 aliphatic heterocycles. The zero-order valence-corrected chi connectivity index (χ0v) is 18.0. The maximum Gasteiger partial charge on any atom is 0.264 e. The molecule has 0 aromatic heterocycles. The van der Waals surface area contributed by atoms with Gasteiger partial charge in [0.05, 0.1) is 10.6 Å². The van der Waals surface area contributed by atoms with Gasteiger partial charge in [-0.15, -0.1) is 0 Å². The molecule has 0 unspecified atom stereocenters. The molecule has 0 aliphatic carbocycles. The number of ether oxygens (including phenoxy) is 1. The van der Waals surface area contributed by atoms with Crippen LogP contribution in [-0.2, 0) is 14.8 Å². The summed E-state index contributed by atoms with van der Waals surface area (Å²) in [5.41, 5.74) is 0.533. The average molecular weight is 449 g/mol. The molecule has 0 atom stereocenters. The van der Waals surface area contributed by atoms with Crippen molar-refractivity contribution in [2.45, 2.75) is 4.90 Å². The molecule has 3 aromatic carbocycles. The Kier molecular flexibility index (Phi) is 5.79. The molecule has 32 heavy (non-hydrogen) atoms. The van der Waals surface area contributed by atoms with Crippen LogP contribution in [0.15, 0.2) is 95.5 Å². The number of Topliss-reactive ketones (excluding diaryl/α,β-unsaturated/α-hetero) is 1. The minimum absolute atomic E-state index is 0.00592. The summed E-state index contributed by atoms with van der Waals surface area (Å²) in [5.74, 6) is -0.531. The van der Waals surface area contributed by atoms with Crippen molar-refractivity contribution in [3.63, 3.8) is 0 Å². The largest absolute Gasteiger partial charge is 0.484 e. The molecule has 0 bridgehead atoms. The Morgan fingerprint density at radius 3 is 2.16 bits per heavy atom. The summed E-state index contributed by atoms with van der Waals surface area (Å²) in [4.78, 5) is 26.1. The Morgan fingerprint density at radius 1 is 0.875 bits per heavy atom. The molecular weight excluding hydrogens is 428 g/mol. The van der Waals surface area contributed by atoms with Gasteiger partial charge in [0, 0.05) is 18.2 Å². The molecule has 162 valence electrons. The third kappa shape index (κ3) is 4.00. The number of likely N-dealkylation sites (N-methyl/N-ethyl adjacent to an activating group) is 1. The number of amides is 1. The van der Waals surface area contributed by atoms with Crippen molar-refractivity contribution in [1.82, 2.24) is 9.62 Å². The number of hydrogen-bond acceptors (Lipinski definition) is 5. The molecule has 4 rings (SSSR count). The first-order valence-electron chi connectivity index (χ1n) is 9.79. The van der Waals surface area contributed by atoms with E-state index >= 15 is 0 Å². The Labute approximate surface area is 186 Å². The number of benzene rings is 3. The van der Waals surface area contributed by atoms with Crippen LogP contribution in [0, 0.1) is 0 Å². The first-order valence-corrected chi connectivity index (χ1v) is 11.2. The second kappa shape index (κ2) is 8.68. The van der Waals surface area contributed by atoms with Crippen molar-refractivity contribution in [1.29, 1.82) is 0 Å². The molecule has 0 saturated carbocycles. The van der Waals surface area contributed by atoms with Gasteiger partial charge in [0.1, 0.15) is 11.4 Å². The van der Waals surface area contributed by atoms with Gasteiger partial charge in [0.25, 0.3) is 15.9 Å². The van der Waals surface area contributed by atoms with E-state index in [1.165, 1.54) is 13.1 Å². The normalized spacial score (nSPS) is 14.5. The maximum absolute atomic E-state index is 13.3. The number of carbonyl (C=O) groups excluding carboxylic acids is 2. The molecule has 0 saturated heterocycles. The summed E-state index contributed by atoms with van der Waals surface area (Å²) < 4.78 is 32.6. The molecular formula is C24H20N2O5S. The van der Waals surface area contributed by atoms with Crippen molar-refractivity contribution < 1.29 is 22.7 Å². The monoisotopic (exact) mass is 448 g/mol. The van der Waals surface area contributed by atoms with Gasteiger partial charge in [-0.3, -0.25) is 13.9 Å². The summed E-state index contributed by atoms with van der Waals surface area (Å²) >= 11 is 0. The van der Waals surface area contributed by atoms with Crippen molar-refractivity contribution >= 4 is 27.4 Å². The predicted octanol–water partition coefficient (Wildman–Crippen LogP) is 3.07. The number of allylic oxidation sites excluding steroid dienone is 1.